The molecular weight excluding hydrogens is 372 g/mol. The lowest BCUT2D eigenvalue weighted by Gasteiger charge is -2.15. The Morgan fingerprint density at radius 1 is 1.11 bits per heavy atom. The molecule has 4 aromatic rings. The number of nitrogens with one attached hydrogen (secondary N) is 1. The summed E-state index contributed by atoms with van der Waals surface area (Å²) in [4.78, 5) is 5.73. The highest BCUT2D eigenvalue weighted by Gasteiger charge is 2.28. The fraction of sp³-hybridized carbons (Fsp3) is 0.273. The first-order valence-corrected chi connectivity index (χ1v) is 9.96. The maximum atomic E-state index is 6.02. The van der Waals surface area contributed by atoms with Gasteiger partial charge in [0.05, 0.1) is 12.3 Å². The molecule has 1 N–H and O–H groups in total. The molecule has 2 aromatic carbocycles. The largest absolute Gasteiger partial charge is 0.425 e. The summed E-state index contributed by atoms with van der Waals surface area (Å²) in [5.41, 5.74) is 3.59. The van der Waals surface area contributed by atoms with E-state index in [4.69, 9.17) is 16.0 Å². The average molecular weight is 393 g/mol. The van der Waals surface area contributed by atoms with E-state index in [2.05, 4.69) is 44.3 Å². The van der Waals surface area contributed by atoms with Crippen molar-refractivity contribution < 1.29 is 4.42 Å². The van der Waals surface area contributed by atoms with E-state index in [0.717, 1.165) is 42.5 Å². The number of fused-ring (bicyclic) bond motifs is 1. The molecule has 0 spiro atoms. The second-order valence-electron chi connectivity index (χ2n) is 7.42. The molecule has 1 saturated heterocycles. The van der Waals surface area contributed by atoms with E-state index in [9.17, 15) is 0 Å². The third-order valence-corrected chi connectivity index (χ3v) is 5.69. The highest BCUT2D eigenvalue weighted by molar-refractivity contribution is 6.30. The van der Waals surface area contributed by atoms with E-state index in [1.165, 1.54) is 16.5 Å². The number of likely N-dealkylation sites (tertiary alicyclic amines) is 1. The standard InChI is InChI=1S/C22H21ClN4O/c23-18-7-5-15(6-8-18)13-27-10-9-16(14-27)22-26-25-21(28-22)11-17-12-24-20-4-2-1-3-19(17)20/h1-8,12,16,24H,9-11,13-14H2/t16-/m0/s1. The summed E-state index contributed by atoms with van der Waals surface area (Å²) in [7, 11) is 0. The Balaban J connectivity index is 1.24. The van der Waals surface area contributed by atoms with E-state index in [1.54, 1.807) is 0 Å². The Bertz CT molecular complexity index is 1090. The van der Waals surface area contributed by atoms with E-state index in [-0.39, 0.29) is 0 Å². The van der Waals surface area contributed by atoms with Crippen LogP contribution in [0, 0.1) is 0 Å². The smallest absolute Gasteiger partial charge is 0.221 e. The molecule has 0 saturated carbocycles. The van der Waals surface area contributed by atoms with Crippen LogP contribution in [0.1, 0.15) is 35.2 Å². The molecule has 142 valence electrons. The maximum Gasteiger partial charge on any atom is 0.221 e. The molecule has 1 aliphatic rings. The third kappa shape index (κ3) is 3.55. The lowest BCUT2D eigenvalue weighted by molar-refractivity contribution is 0.318. The molecule has 3 heterocycles. The fourth-order valence-corrected chi connectivity index (χ4v) is 4.10. The Kier molecular flexibility index (Phi) is 4.63. The molecule has 0 amide bonds. The quantitative estimate of drug-likeness (QED) is 0.530. The van der Waals surface area contributed by atoms with Gasteiger partial charge in [-0.1, -0.05) is 41.9 Å². The van der Waals surface area contributed by atoms with Crippen LogP contribution in [0.25, 0.3) is 10.9 Å². The van der Waals surface area contributed by atoms with Gasteiger partial charge in [-0.15, -0.1) is 10.2 Å². The number of hydrogen-bond donors (Lipinski definition) is 1. The van der Waals surface area contributed by atoms with Crippen LogP contribution in [0.2, 0.25) is 5.02 Å². The fourth-order valence-electron chi connectivity index (χ4n) is 3.97. The van der Waals surface area contributed by atoms with Gasteiger partial charge in [-0.05, 0) is 42.3 Å². The van der Waals surface area contributed by atoms with Gasteiger partial charge in [-0.2, -0.15) is 0 Å². The lowest BCUT2D eigenvalue weighted by atomic mass is 10.1. The number of benzene rings is 2. The molecule has 2 aromatic heterocycles. The summed E-state index contributed by atoms with van der Waals surface area (Å²) in [6, 6.07) is 16.3. The summed E-state index contributed by atoms with van der Waals surface area (Å²) < 4.78 is 6.02. The lowest BCUT2D eigenvalue weighted by Crippen LogP contribution is -2.19. The topological polar surface area (TPSA) is 58.0 Å². The van der Waals surface area contributed by atoms with Gasteiger partial charge < -0.3 is 9.40 Å². The van der Waals surface area contributed by atoms with Crippen molar-refractivity contribution in [1.82, 2.24) is 20.1 Å². The minimum Gasteiger partial charge on any atom is -0.425 e. The highest BCUT2D eigenvalue weighted by Crippen LogP contribution is 2.28. The monoisotopic (exact) mass is 392 g/mol. The number of aromatic nitrogens is 3. The van der Waals surface area contributed by atoms with Crippen LogP contribution in [0.4, 0.5) is 0 Å². The number of halogens is 1. The molecule has 0 radical (unpaired) electrons. The average Bonchev–Trinajstić information content (AvgIpc) is 3.44. The van der Waals surface area contributed by atoms with Gasteiger partial charge in [0, 0.05) is 35.2 Å². The molecule has 0 unspecified atom stereocenters. The number of hydrogen-bond acceptors (Lipinski definition) is 4. The van der Waals surface area contributed by atoms with Crippen molar-refractivity contribution >= 4 is 22.5 Å². The van der Waals surface area contributed by atoms with Crippen molar-refractivity contribution in [2.75, 3.05) is 13.1 Å². The molecule has 6 heteroatoms. The first kappa shape index (κ1) is 17.5. The second kappa shape index (κ2) is 7.41. The van der Waals surface area contributed by atoms with Crippen LogP contribution in [0.3, 0.4) is 0 Å². The molecule has 1 atom stereocenters. The normalized spacial score (nSPS) is 17.5. The Morgan fingerprint density at radius 3 is 2.86 bits per heavy atom. The number of rotatable bonds is 5. The van der Waals surface area contributed by atoms with Gasteiger partial charge in [0.25, 0.3) is 0 Å². The predicted molar refractivity (Wildman–Crippen MR) is 109 cm³/mol. The van der Waals surface area contributed by atoms with E-state index >= 15 is 0 Å². The number of para-hydroxylation sites is 1. The van der Waals surface area contributed by atoms with Crippen LogP contribution >= 0.6 is 11.6 Å². The Morgan fingerprint density at radius 2 is 1.96 bits per heavy atom. The SMILES string of the molecule is Clc1ccc(CN2CC[C@H](c3nnc(Cc4c[nH]c5ccccc45)o3)C2)cc1. The summed E-state index contributed by atoms with van der Waals surface area (Å²) in [5.74, 6) is 1.74. The Hall–Kier alpha value is -2.63. The number of H-pyrrole nitrogens is 1. The van der Waals surface area contributed by atoms with Crippen molar-refractivity contribution in [3.05, 3.63) is 82.7 Å². The first-order chi connectivity index (χ1) is 13.7. The van der Waals surface area contributed by atoms with E-state index in [1.807, 2.05) is 30.5 Å². The van der Waals surface area contributed by atoms with Crippen molar-refractivity contribution in [2.45, 2.75) is 25.3 Å². The zero-order chi connectivity index (χ0) is 18.9. The minimum absolute atomic E-state index is 0.302. The zero-order valence-electron chi connectivity index (χ0n) is 15.4. The highest BCUT2D eigenvalue weighted by atomic mass is 35.5. The summed E-state index contributed by atoms with van der Waals surface area (Å²) in [6.45, 7) is 2.90. The predicted octanol–water partition coefficient (Wildman–Crippen LogP) is 4.78. The van der Waals surface area contributed by atoms with Crippen LogP contribution in [0.5, 0.6) is 0 Å². The van der Waals surface area contributed by atoms with Crippen molar-refractivity contribution in [2.24, 2.45) is 0 Å². The molecule has 5 rings (SSSR count). The number of aromatic amines is 1. The van der Waals surface area contributed by atoms with E-state index < -0.39 is 0 Å². The van der Waals surface area contributed by atoms with Crippen LogP contribution in [-0.2, 0) is 13.0 Å². The molecule has 1 aliphatic heterocycles. The van der Waals surface area contributed by atoms with Crippen molar-refractivity contribution in [3.8, 4) is 0 Å². The first-order valence-electron chi connectivity index (χ1n) is 9.59. The van der Waals surface area contributed by atoms with Gasteiger partial charge in [0.1, 0.15) is 0 Å². The molecule has 28 heavy (non-hydrogen) atoms. The third-order valence-electron chi connectivity index (χ3n) is 5.44. The Labute approximate surface area is 168 Å². The van der Waals surface area contributed by atoms with E-state index in [0.29, 0.717) is 18.2 Å². The summed E-state index contributed by atoms with van der Waals surface area (Å²) >= 11 is 5.97. The van der Waals surface area contributed by atoms with Crippen molar-refractivity contribution in [3.63, 3.8) is 0 Å². The second-order valence-corrected chi connectivity index (χ2v) is 7.85. The van der Waals surface area contributed by atoms with Gasteiger partial charge >= 0.3 is 0 Å². The molecule has 5 nitrogen and oxygen atoms in total. The van der Waals surface area contributed by atoms with Crippen LogP contribution in [-0.4, -0.2) is 33.2 Å². The van der Waals surface area contributed by atoms with Crippen molar-refractivity contribution in [1.29, 1.82) is 0 Å². The van der Waals surface area contributed by atoms with Gasteiger partial charge in [0.15, 0.2) is 0 Å². The zero-order valence-corrected chi connectivity index (χ0v) is 16.2. The van der Waals surface area contributed by atoms with Crippen LogP contribution < -0.4 is 0 Å². The van der Waals surface area contributed by atoms with Crippen LogP contribution in [0.15, 0.2) is 59.1 Å². The summed E-state index contributed by atoms with van der Waals surface area (Å²) in [5, 5.41) is 10.6. The van der Waals surface area contributed by atoms with Gasteiger partial charge in [0.2, 0.25) is 11.8 Å². The van der Waals surface area contributed by atoms with Gasteiger partial charge in [-0.25, -0.2) is 0 Å². The molecular formula is C22H21ClN4O. The molecule has 1 fully saturated rings. The van der Waals surface area contributed by atoms with Gasteiger partial charge in [-0.3, -0.25) is 4.90 Å². The maximum absolute atomic E-state index is 6.02. The molecule has 0 bridgehead atoms. The molecule has 0 aliphatic carbocycles. The summed E-state index contributed by atoms with van der Waals surface area (Å²) in [6.07, 6.45) is 3.72. The minimum atomic E-state index is 0.302. The number of nitrogens with zero attached hydrogens (tertiary/aromatic N) is 3.